The number of para-hydroxylation sites is 1. The van der Waals surface area contributed by atoms with Crippen LogP contribution in [-0.2, 0) is 14.4 Å². The highest BCUT2D eigenvalue weighted by molar-refractivity contribution is 6.39. The lowest BCUT2D eigenvalue weighted by atomic mass is 10.0. The monoisotopic (exact) mass is 365 g/mol. The Morgan fingerprint density at radius 1 is 1.07 bits per heavy atom. The summed E-state index contributed by atoms with van der Waals surface area (Å²) in [5.41, 5.74) is 5.03. The normalized spacial score (nSPS) is 22.4. The van der Waals surface area contributed by atoms with Gasteiger partial charge in [-0.25, -0.2) is 10.3 Å². The molecule has 4 rings (SSSR count). The molecule has 1 fully saturated rings. The van der Waals surface area contributed by atoms with Crippen LogP contribution in [0.25, 0.3) is 0 Å². The lowest BCUT2D eigenvalue weighted by Crippen LogP contribution is -2.36. The van der Waals surface area contributed by atoms with Crippen molar-refractivity contribution in [3.8, 4) is 0 Å². The lowest BCUT2D eigenvalue weighted by Gasteiger charge is -2.23. The van der Waals surface area contributed by atoms with Gasteiger partial charge in [0.25, 0.3) is 5.91 Å². The van der Waals surface area contributed by atoms with Gasteiger partial charge in [-0.2, -0.15) is 5.10 Å². The zero-order valence-electron chi connectivity index (χ0n) is 15.1. The first-order chi connectivity index (χ1) is 13.3. The standard InChI is InChI=1S/C21H23N3O3/c25-21(23-27-20-13-7-8-14-26-20)18-15-19(16-9-3-1-4-10-16)24(22-18)17-11-5-2-6-12-17/h1-6,9-12,19-20H,7-8,13-15H2,(H,23,25)/t19-,20+/m0/s1. The molecular formula is C21H23N3O3. The molecule has 2 heterocycles. The molecule has 1 amide bonds. The summed E-state index contributed by atoms with van der Waals surface area (Å²) in [6, 6.07) is 20.0. The van der Waals surface area contributed by atoms with Gasteiger partial charge < -0.3 is 4.74 Å². The summed E-state index contributed by atoms with van der Waals surface area (Å²) in [6.45, 7) is 0.666. The van der Waals surface area contributed by atoms with Crippen molar-refractivity contribution in [3.05, 3.63) is 66.2 Å². The Bertz CT molecular complexity index is 789. The first kappa shape index (κ1) is 17.7. The van der Waals surface area contributed by atoms with Crippen molar-refractivity contribution in [2.45, 2.75) is 38.0 Å². The Kier molecular flexibility index (Phi) is 5.46. The van der Waals surface area contributed by atoms with Crippen molar-refractivity contribution >= 4 is 17.3 Å². The smallest absolute Gasteiger partial charge is 0.291 e. The zero-order chi connectivity index (χ0) is 18.5. The largest absolute Gasteiger partial charge is 0.350 e. The molecule has 2 aliphatic rings. The van der Waals surface area contributed by atoms with Crippen molar-refractivity contribution < 1.29 is 14.4 Å². The summed E-state index contributed by atoms with van der Waals surface area (Å²) in [5.74, 6) is -0.316. The first-order valence-corrected chi connectivity index (χ1v) is 9.35. The minimum atomic E-state index is -0.375. The summed E-state index contributed by atoms with van der Waals surface area (Å²) in [6.07, 6.45) is 3.00. The minimum absolute atomic E-state index is 0.0275. The van der Waals surface area contributed by atoms with E-state index in [4.69, 9.17) is 9.57 Å². The molecule has 0 saturated carbocycles. The SMILES string of the molecule is O=C(NO[C@@H]1CCCCO1)C1=NN(c2ccccc2)[C@H](c2ccccc2)C1. The molecule has 27 heavy (non-hydrogen) atoms. The number of ether oxygens (including phenoxy) is 1. The molecule has 2 atom stereocenters. The molecule has 1 N–H and O–H groups in total. The Hall–Kier alpha value is -2.70. The number of hydroxylamine groups is 1. The Balaban J connectivity index is 1.50. The van der Waals surface area contributed by atoms with Crippen LogP contribution in [0.5, 0.6) is 0 Å². The maximum absolute atomic E-state index is 12.6. The molecule has 2 aromatic rings. The van der Waals surface area contributed by atoms with Crippen LogP contribution < -0.4 is 10.5 Å². The van der Waals surface area contributed by atoms with E-state index >= 15 is 0 Å². The Morgan fingerprint density at radius 3 is 2.52 bits per heavy atom. The van der Waals surface area contributed by atoms with E-state index in [1.165, 1.54) is 0 Å². The van der Waals surface area contributed by atoms with E-state index in [0.29, 0.717) is 18.7 Å². The molecule has 0 bridgehead atoms. The van der Waals surface area contributed by atoms with Gasteiger partial charge in [0.05, 0.1) is 11.7 Å². The fraction of sp³-hybridized carbons (Fsp3) is 0.333. The summed E-state index contributed by atoms with van der Waals surface area (Å²) in [5, 5.41) is 6.50. The van der Waals surface area contributed by atoms with E-state index in [9.17, 15) is 4.79 Å². The van der Waals surface area contributed by atoms with E-state index in [-0.39, 0.29) is 18.2 Å². The number of anilines is 1. The molecule has 6 nitrogen and oxygen atoms in total. The van der Waals surface area contributed by atoms with Crippen molar-refractivity contribution in [1.82, 2.24) is 5.48 Å². The predicted octanol–water partition coefficient (Wildman–Crippen LogP) is 3.57. The van der Waals surface area contributed by atoms with Crippen LogP contribution in [0, 0.1) is 0 Å². The van der Waals surface area contributed by atoms with Crippen LogP contribution in [0.1, 0.15) is 37.3 Å². The van der Waals surface area contributed by atoms with E-state index in [0.717, 1.165) is 30.5 Å². The fourth-order valence-electron chi connectivity index (χ4n) is 3.38. The fourth-order valence-corrected chi connectivity index (χ4v) is 3.38. The molecular weight excluding hydrogens is 342 g/mol. The molecule has 6 heteroatoms. The number of nitrogens with one attached hydrogen (secondary N) is 1. The van der Waals surface area contributed by atoms with Gasteiger partial charge in [0.2, 0.25) is 0 Å². The second kappa shape index (κ2) is 8.33. The molecule has 0 unspecified atom stereocenters. The molecule has 0 radical (unpaired) electrons. The van der Waals surface area contributed by atoms with E-state index in [1.54, 1.807) is 0 Å². The molecule has 2 aromatic carbocycles. The number of carbonyl (C=O) groups is 1. The van der Waals surface area contributed by atoms with Crippen molar-refractivity contribution in [3.63, 3.8) is 0 Å². The van der Waals surface area contributed by atoms with E-state index in [2.05, 4.69) is 22.7 Å². The van der Waals surface area contributed by atoms with Gasteiger partial charge >= 0.3 is 0 Å². The quantitative estimate of drug-likeness (QED) is 0.823. The van der Waals surface area contributed by atoms with Gasteiger partial charge in [-0.1, -0.05) is 48.5 Å². The summed E-state index contributed by atoms with van der Waals surface area (Å²) in [7, 11) is 0. The minimum Gasteiger partial charge on any atom is -0.350 e. The summed E-state index contributed by atoms with van der Waals surface area (Å²) >= 11 is 0. The van der Waals surface area contributed by atoms with Crippen molar-refractivity contribution in [2.75, 3.05) is 11.6 Å². The first-order valence-electron chi connectivity index (χ1n) is 9.35. The second-order valence-corrected chi connectivity index (χ2v) is 6.70. The Morgan fingerprint density at radius 2 is 1.81 bits per heavy atom. The van der Waals surface area contributed by atoms with Gasteiger partial charge in [-0.05, 0) is 30.5 Å². The van der Waals surface area contributed by atoms with Crippen molar-refractivity contribution in [2.24, 2.45) is 5.10 Å². The van der Waals surface area contributed by atoms with Gasteiger partial charge in [0, 0.05) is 19.4 Å². The third kappa shape index (κ3) is 4.18. The topological polar surface area (TPSA) is 63.2 Å². The lowest BCUT2D eigenvalue weighted by molar-refractivity contribution is -0.197. The third-order valence-corrected chi connectivity index (χ3v) is 4.80. The van der Waals surface area contributed by atoms with Gasteiger partial charge in [-0.3, -0.25) is 9.80 Å². The Labute approximate surface area is 158 Å². The molecule has 140 valence electrons. The van der Waals surface area contributed by atoms with Crippen LogP contribution in [0.4, 0.5) is 5.69 Å². The van der Waals surface area contributed by atoms with Crippen LogP contribution in [0.15, 0.2) is 65.8 Å². The average molecular weight is 365 g/mol. The summed E-state index contributed by atoms with van der Waals surface area (Å²) < 4.78 is 5.48. The van der Waals surface area contributed by atoms with Crippen LogP contribution >= 0.6 is 0 Å². The van der Waals surface area contributed by atoms with Gasteiger partial charge in [0.15, 0.2) is 6.29 Å². The van der Waals surface area contributed by atoms with Crippen LogP contribution in [0.3, 0.4) is 0 Å². The molecule has 0 aromatic heterocycles. The highest BCUT2D eigenvalue weighted by Crippen LogP contribution is 2.35. The average Bonchev–Trinajstić information content (AvgIpc) is 3.20. The molecule has 0 aliphatic carbocycles. The number of nitrogens with zero attached hydrogens (tertiary/aromatic N) is 2. The molecule has 2 aliphatic heterocycles. The number of benzene rings is 2. The van der Waals surface area contributed by atoms with Gasteiger partial charge in [0.1, 0.15) is 5.71 Å². The number of rotatable bonds is 5. The third-order valence-electron chi connectivity index (χ3n) is 4.80. The number of hydrogen-bond donors (Lipinski definition) is 1. The van der Waals surface area contributed by atoms with E-state index in [1.807, 2.05) is 53.5 Å². The molecule has 0 spiro atoms. The number of hydrogen-bond acceptors (Lipinski definition) is 5. The van der Waals surface area contributed by atoms with Crippen LogP contribution in [-0.4, -0.2) is 24.5 Å². The highest BCUT2D eigenvalue weighted by Gasteiger charge is 2.32. The number of amides is 1. The van der Waals surface area contributed by atoms with E-state index < -0.39 is 0 Å². The van der Waals surface area contributed by atoms with Gasteiger partial charge in [-0.15, -0.1) is 0 Å². The predicted molar refractivity (Wildman–Crippen MR) is 103 cm³/mol. The highest BCUT2D eigenvalue weighted by atomic mass is 16.8. The maximum Gasteiger partial charge on any atom is 0.291 e. The number of hydrazone groups is 1. The summed E-state index contributed by atoms with van der Waals surface area (Å²) in [4.78, 5) is 18.0. The van der Waals surface area contributed by atoms with Crippen molar-refractivity contribution in [1.29, 1.82) is 0 Å². The molecule has 1 saturated heterocycles. The number of carbonyl (C=O) groups excluding carboxylic acids is 1. The van der Waals surface area contributed by atoms with Crippen LogP contribution in [0.2, 0.25) is 0 Å². The maximum atomic E-state index is 12.6. The second-order valence-electron chi connectivity index (χ2n) is 6.70. The zero-order valence-corrected chi connectivity index (χ0v) is 15.1.